The van der Waals surface area contributed by atoms with Crippen molar-refractivity contribution in [2.24, 2.45) is 12.1 Å². The second kappa shape index (κ2) is 4.46. The average Bonchev–Trinajstić information content (AvgIpc) is 2.29. The van der Waals surface area contributed by atoms with Gasteiger partial charge in [-0.3, -0.25) is 5.43 Å². The van der Waals surface area contributed by atoms with E-state index in [0.717, 1.165) is 11.2 Å². The maximum absolute atomic E-state index is 4.29. The summed E-state index contributed by atoms with van der Waals surface area (Å²) < 4.78 is 1.95. The molecule has 3 nitrogen and oxygen atoms in total. The van der Waals surface area contributed by atoms with Gasteiger partial charge in [0.2, 0.25) is 0 Å². The number of anilines is 1. The summed E-state index contributed by atoms with van der Waals surface area (Å²) in [7, 11) is 1.96. The molecule has 1 N–H and O–H groups in total. The van der Waals surface area contributed by atoms with Gasteiger partial charge in [0.05, 0.1) is 5.69 Å². The zero-order valence-electron chi connectivity index (χ0n) is 8.59. The first kappa shape index (κ1) is 9.52. The fourth-order valence-corrected chi connectivity index (χ4v) is 1.26. The molecule has 2 aromatic rings. The highest BCUT2D eigenvalue weighted by Crippen LogP contribution is 2.03. The first-order chi connectivity index (χ1) is 7.36. The molecule has 0 fully saturated rings. The SMILES string of the molecule is Cn1cccc/c1=N\Nc1ccccc1. The van der Waals surface area contributed by atoms with Crippen LogP contribution in [0, 0.1) is 0 Å². The molecule has 2 rings (SSSR count). The highest BCUT2D eigenvalue weighted by Gasteiger charge is 1.86. The van der Waals surface area contributed by atoms with E-state index in [4.69, 9.17) is 0 Å². The molecule has 0 spiro atoms. The quantitative estimate of drug-likeness (QED) is 0.736. The van der Waals surface area contributed by atoms with Gasteiger partial charge in [-0.05, 0) is 24.3 Å². The lowest BCUT2D eigenvalue weighted by molar-refractivity contribution is 0.825. The Labute approximate surface area is 88.7 Å². The number of aryl methyl sites for hydroxylation is 1. The Kier molecular flexibility index (Phi) is 2.83. The van der Waals surface area contributed by atoms with Crippen molar-refractivity contribution in [2.45, 2.75) is 0 Å². The zero-order valence-corrected chi connectivity index (χ0v) is 8.59. The number of benzene rings is 1. The predicted octanol–water partition coefficient (Wildman–Crippen LogP) is 1.95. The topological polar surface area (TPSA) is 29.3 Å². The third-order valence-corrected chi connectivity index (χ3v) is 2.10. The van der Waals surface area contributed by atoms with Crippen LogP contribution in [0.3, 0.4) is 0 Å². The maximum Gasteiger partial charge on any atom is 0.152 e. The first-order valence-corrected chi connectivity index (χ1v) is 4.83. The highest BCUT2D eigenvalue weighted by atomic mass is 15.3. The summed E-state index contributed by atoms with van der Waals surface area (Å²) in [5.41, 5.74) is 4.88. The van der Waals surface area contributed by atoms with Gasteiger partial charge in [0, 0.05) is 13.2 Å². The Bertz CT molecular complexity index is 485. The highest BCUT2D eigenvalue weighted by molar-refractivity contribution is 5.41. The third-order valence-electron chi connectivity index (χ3n) is 2.10. The Morgan fingerprint density at radius 1 is 1.00 bits per heavy atom. The standard InChI is InChI=1S/C12H13N3/c1-15-10-6-5-9-12(15)14-13-11-7-3-2-4-8-11/h2-10,13H,1H3/b14-12+. The summed E-state index contributed by atoms with van der Waals surface area (Å²) in [5.74, 6) is 0. The van der Waals surface area contributed by atoms with Gasteiger partial charge in [0.25, 0.3) is 0 Å². The van der Waals surface area contributed by atoms with Crippen LogP contribution in [0.1, 0.15) is 0 Å². The molecule has 0 aliphatic carbocycles. The van der Waals surface area contributed by atoms with Crippen molar-refractivity contribution in [3.05, 3.63) is 60.2 Å². The number of rotatable bonds is 2. The van der Waals surface area contributed by atoms with Crippen LogP contribution in [0.2, 0.25) is 0 Å². The molecule has 1 heterocycles. The van der Waals surface area contributed by atoms with Crippen LogP contribution < -0.4 is 10.9 Å². The van der Waals surface area contributed by atoms with Crippen LogP contribution >= 0.6 is 0 Å². The second-order valence-electron chi connectivity index (χ2n) is 3.26. The molecular weight excluding hydrogens is 186 g/mol. The molecule has 0 aliphatic rings. The zero-order chi connectivity index (χ0) is 10.5. The van der Waals surface area contributed by atoms with Crippen molar-refractivity contribution in [1.29, 1.82) is 0 Å². The Morgan fingerprint density at radius 3 is 2.47 bits per heavy atom. The lowest BCUT2D eigenvalue weighted by atomic mass is 10.3. The van der Waals surface area contributed by atoms with Gasteiger partial charge in [0.1, 0.15) is 0 Å². The minimum Gasteiger partial charge on any atom is -0.335 e. The van der Waals surface area contributed by atoms with Gasteiger partial charge in [-0.15, -0.1) is 0 Å². The van der Waals surface area contributed by atoms with Gasteiger partial charge in [-0.25, -0.2) is 0 Å². The molecule has 0 radical (unpaired) electrons. The van der Waals surface area contributed by atoms with E-state index in [-0.39, 0.29) is 0 Å². The van der Waals surface area contributed by atoms with Crippen molar-refractivity contribution >= 4 is 5.69 Å². The van der Waals surface area contributed by atoms with Crippen molar-refractivity contribution < 1.29 is 0 Å². The fourth-order valence-electron chi connectivity index (χ4n) is 1.26. The molecule has 15 heavy (non-hydrogen) atoms. The fraction of sp³-hybridized carbons (Fsp3) is 0.0833. The van der Waals surface area contributed by atoms with E-state index in [0.29, 0.717) is 0 Å². The summed E-state index contributed by atoms with van der Waals surface area (Å²) in [4.78, 5) is 0. The smallest absolute Gasteiger partial charge is 0.152 e. The largest absolute Gasteiger partial charge is 0.335 e. The van der Waals surface area contributed by atoms with Gasteiger partial charge in [-0.2, -0.15) is 5.10 Å². The molecule has 0 saturated carbocycles. The summed E-state index contributed by atoms with van der Waals surface area (Å²) >= 11 is 0. The summed E-state index contributed by atoms with van der Waals surface area (Å²) in [6.07, 6.45) is 1.96. The lowest BCUT2D eigenvalue weighted by Gasteiger charge is -2.01. The lowest BCUT2D eigenvalue weighted by Crippen LogP contribution is -2.17. The number of nitrogens with one attached hydrogen (secondary N) is 1. The number of hydrogen-bond donors (Lipinski definition) is 1. The molecular formula is C12H13N3. The molecule has 0 bridgehead atoms. The van der Waals surface area contributed by atoms with E-state index < -0.39 is 0 Å². The minimum absolute atomic E-state index is 0.890. The van der Waals surface area contributed by atoms with Crippen LogP contribution in [0.5, 0.6) is 0 Å². The molecule has 0 unspecified atom stereocenters. The summed E-state index contributed by atoms with van der Waals surface area (Å²) in [6, 6.07) is 15.8. The van der Waals surface area contributed by atoms with Crippen molar-refractivity contribution in [3.8, 4) is 0 Å². The molecule has 0 aliphatic heterocycles. The number of para-hydroxylation sites is 1. The molecule has 1 aromatic heterocycles. The van der Waals surface area contributed by atoms with Crippen LogP contribution in [-0.2, 0) is 7.05 Å². The van der Waals surface area contributed by atoms with Crippen molar-refractivity contribution in [2.75, 3.05) is 5.43 Å². The van der Waals surface area contributed by atoms with Gasteiger partial charge < -0.3 is 4.57 Å². The Hall–Kier alpha value is -2.03. The van der Waals surface area contributed by atoms with Crippen molar-refractivity contribution in [3.63, 3.8) is 0 Å². The van der Waals surface area contributed by atoms with E-state index in [2.05, 4.69) is 10.5 Å². The second-order valence-corrected chi connectivity index (χ2v) is 3.26. The minimum atomic E-state index is 0.890. The van der Waals surface area contributed by atoms with Crippen LogP contribution in [0.4, 0.5) is 5.69 Å². The van der Waals surface area contributed by atoms with Gasteiger partial charge in [0.15, 0.2) is 5.49 Å². The maximum atomic E-state index is 4.29. The van der Waals surface area contributed by atoms with Crippen LogP contribution in [0.15, 0.2) is 59.8 Å². The van der Waals surface area contributed by atoms with E-state index in [1.54, 1.807) is 0 Å². The van der Waals surface area contributed by atoms with Crippen LogP contribution in [0.25, 0.3) is 0 Å². The number of nitrogens with zero attached hydrogens (tertiary/aromatic N) is 2. The molecule has 1 aromatic carbocycles. The summed E-state index contributed by atoms with van der Waals surface area (Å²) in [6.45, 7) is 0. The monoisotopic (exact) mass is 199 g/mol. The average molecular weight is 199 g/mol. The van der Waals surface area contributed by atoms with E-state index in [9.17, 15) is 0 Å². The normalized spacial score (nSPS) is 11.4. The van der Waals surface area contributed by atoms with Crippen molar-refractivity contribution in [1.82, 2.24) is 4.57 Å². The molecule has 0 atom stereocenters. The molecule has 76 valence electrons. The van der Waals surface area contributed by atoms with Gasteiger partial charge in [-0.1, -0.05) is 24.3 Å². The van der Waals surface area contributed by atoms with E-state index in [1.165, 1.54) is 0 Å². The number of hydrogen-bond acceptors (Lipinski definition) is 2. The summed E-state index contributed by atoms with van der Waals surface area (Å²) in [5, 5.41) is 4.29. The third kappa shape index (κ3) is 2.47. The number of aromatic nitrogens is 1. The predicted molar refractivity (Wildman–Crippen MR) is 61.0 cm³/mol. The Morgan fingerprint density at radius 2 is 1.73 bits per heavy atom. The molecule has 3 heteroatoms. The Balaban J connectivity index is 2.23. The van der Waals surface area contributed by atoms with E-state index >= 15 is 0 Å². The van der Waals surface area contributed by atoms with Crippen LogP contribution in [-0.4, -0.2) is 4.57 Å². The number of pyridine rings is 1. The van der Waals surface area contributed by atoms with E-state index in [1.807, 2.05) is 66.3 Å². The first-order valence-electron chi connectivity index (χ1n) is 4.83. The molecule has 0 saturated heterocycles. The molecule has 0 amide bonds. The van der Waals surface area contributed by atoms with Gasteiger partial charge >= 0.3 is 0 Å².